The maximum absolute atomic E-state index is 11.9. The molecule has 0 bridgehead atoms. The maximum atomic E-state index is 11.9. The quantitative estimate of drug-likeness (QED) is 0.640. The molecule has 7 heteroatoms. The first kappa shape index (κ1) is 15.4. The molecule has 2 N–H and O–H groups in total. The van der Waals surface area contributed by atoms with Crippen LogP contribution in [0.4, 0.5) is 4.79 Å². The smallest absolute Gasteiger partial charge is 0.325 e. The molecular formula is C12H21N3O4. The van der Waals surface area contributed by atoms with Gasteiger partial charge in [0.2, 0.25) is 5.91 Å². The standard InChI is InChI=1S/C12H21N3O4/c1-4-14(7-8-16)9(17)5-6-15-10(18)12(2,3)13-11(15)19/h16H,4-8H2,1-3H3,(H,13,19). The third-order valence-electron chi connectivity index (χ3n) is 3.10. The Labute approximate surface area is 112 Å². The van der Waals surface area contributed by atoms with E-state index in [4.69, 9.17) is 5.11 Å². The van der Waals surface area contributed by atoms with Crippen molar-refractivity contribution < 1.29 is 19.5 Å². The van der Waals surface area contributed by atoms with Crippen molar-refractivity contribution in [2.75, 3.05) is 26.2 Å². The number of aliphatic hydroxyl groups excluding tert-OH is 1. The highest BCUT2D eigenvalue weighted by Gasteiger charge is 2.44. The lowest BCUT2D eigenvalue weighted by Crippen LogP contribution is -2.41. The molecule has 7 nitrogen and oxygen atoms in total. The van der Waals surface area contributed by atoms with E-state index in [1.807, 2.05) is 6.92 Å². The van der Waals surface area contributed by atoms with Crippen LogP contribution in [-0.4, -0.2) is 64.5 Å². The summed E-state index contributed by atoms with van der Waals surface area (Å²) < 4.78 is 0. The van der Waals surface area contributed by atoms with Gasteiger partial charge in [0.05, 0.1) is 6.61 Å². The number of aliphatic hydroxyl groups is 1. The fourth-order valence-corrected chi connectivity index (χ4v) is 1.97. The number of hydrogen-bond donors (Lipinski definition) is 2. The minimum atomic E-state index is -0.907. The van der Waals surface area contributed by atoms with Gasteiger partial charge in [0.15, 0.2) is 0 Å². The molecule has 0 aromatic rings. The predicted octanol–water partition coefficient (Wildman–Crippen LogP) is -0.452. The fraction of sp³-hybridized carbons (Fsp3) is 0.750. The minimum absolute atomic E-state index is 0.0643. The van der Waals surface area contributed by atoms with Gasteiger partial charge in [0.1, 0.15) is 5.54 Å². The highest BCUT2D eigenvalue weighted by molar-refractivity contribution is 6.06. The largest absolute Gasteiger partial charge is 0.395 e. The summed E-state index contributed by atoms with van der Waals surface area (Å²) in [6, 6.07) is -0.465. The van der Waals surface area contributed by atoms with Crippen molar-refractivity contribution in [2.24, 2.45) is 0 Å². The zero-order chi connectivity index (χ0) is 14.6. The number of amides is 4. The summed E-state index contributed by atoms with van der Waals surface area (Å²) in [4.78, 5) is 37.9. The van der Waals surface area contributed by atoms with Gasteiger partial charge in [-0.05, 0) is 20.8 Å². The second-order valence-corrected chi connectivity index (χ2v) is 4.96. The van der Waals surface area contributed by atoms with Gasteiger partial charge < -0.3 is 15.3 Å². The van der Waals surface area contributed by atoms with Gasteiger partial charge in [0.25, 0.3) is 5.91 Å². The number of rotatable bonds is 6. The van der Waals surface area contributed by atoms with Crippen molar-refractivity contribution in [1.82, 2.24) is 15.1 Å². The molecule has 1 saturated heterocycles. The molecule has 0 unspecified atom stereocenters. The molecule has 0 radical (unpaired) electrons. The molecule has 1 heterocycles. The Hall–Kier alpha value is -1.63. The Bertz CT molecular complexity index is 381. The molecule has 1 aliphatic rings. The maximum Gasteiger partial charge on any atom is 0.325 e. The topological polar surface area (TPSA) is 89.9 Å². The Morgan fingerprint density at radius 2 is 2.05 bits per heavy atom. The van der Waals surface area contributed by atoms with Crippen molar-refractivity contribution in [3.63, 3.8) is 0 Å². The number of hydrogen-bond acceptors (Lipinski definition) is 4. The van der Waals surface area contributed by atoms with Crippen molar-refractivity contribution in [2.45, 2.75) is 32.7 Å². The summed E-state index contributed by atoms with van der Waals surface area (Å²) in [5.74, 6) is -0.502. The van der Waals surface area contributed by atoms with Crippen LogP contribution in [0.2, 0.25) is 0 Å². The second-order valence-electron chi connectivity index (χ2n) is 4.96. The van der Waals surface area contributed by atoms with E-state index in [9.17, 15) is 14.4 Å². The number of carbonyl (C=O) groups excluding carboxylic acids is 3. The van der Waals surface area contributed by atoms with Crippen LogP contribution in [0.5, 0.6) is 0 Å². The van der Waals surface area contributed by atoms with Crippen molar-refractivity contribution in [3.05, 3.63) is 0 Å². The van der Waals surface area contributed by atoms with Crippen molar-refractivity contribution >= 4 is 17.8 Å². The Balaban J connectivity index is 2.55. The van der Waals surface area contributed by atoms with Crippen LogP contribution in [0, 0.1) is 0 Å². The summed E-state index contributed by atoms with van der Waals surface area (Å²) in [7, 11) is 0. The molecule has 1 rings (SSSR count). The molecule has 1 aliphatic heterocycles. The first-order chi connectivity index (χ1) is 8.83. The van der Waals surface area contributed by atoms with E-state index in [1.54, 1.807) is 13.8 Å². The van der Waals surface area contributed by atoms with Gasteiger partial charge in [-0.2, -0.15) is 0 Å². The van der Waals surface area contributed by atoms with E-state index >= 15 is 0 Å². The third-order valence-corrected chi connectivity index (χ3v) is 3.10. The molecule has 0 spiro atoms. The van der Waals surface area contributed by atoms with Crippen LogP contribution in [0.15, 0.2) is 0 Å². The van der Waals surface area contributed by atoms with Crippen LogP contribution >= 0.6 is 0 Å². The van der Waals surface area contributed by atoms with Gasteiger partial charge in [-0.15, -0.1) is 0 Å². The lowest BCUT2D eigenvalue weighted by atomic mass is 10.1. The van der Waals surface area contributed by atoms with Crippen molar-refractivity contribution in [3.8, 4) is 0 Å². The van der Waals surface area contributed by atoms with Crippen LogP contribution in [0.3, 0.4) is 0 Å². The van der Waals surface area contributed by atoms with Gasteiger partial charge in [-0.25, -0.2) is 4.79 Å². The van der Waals surface area contributed by atoms with E-state index in [2.05, 4.69) is 5.32 Å². The highest BCUT2D eigenvalue weighted by atomic mass is 16.3. The van der Waals surface area contributed by atoms with E-state index in [0.717, 1.165) is 4.90 Å². The molecule has 1 fully saturated rings. The van der Waals surface area contributed by atoms with Crippen LogP contribution in [-0.2, 0) is 9.59 Å². The number of carbonyl (C=O) groups is 3. The lowest BCUT2D eigenvalue weighted by molar-refractivity contribution is -0.133. The summed E-state index contributed by atoms with van der Waals surface area (Å²) in [5, 5.41) is 11.4. The Morgan fingerprint density at radius 3 is 2.47 bits per heavy atom. The van der Waals surface area contributed by atoms with E-state index in [1.165, 1.54) is 4.90 Å². The van der Waals surface area contributed by atoms with Gasteiger partial charge in [0, 0.05) is 26.1 Å². The number of likely N-dealkylation sites (N-methyl/N-ethyl adjacent to an activating group) is 1. The van der Waals surface area contributed by atoms with Crippen LogP contribution < -0.4 is 5.32 Å². The number of nitrogens with zero attached hydrogens (tertiary/aromatic N) is 2. The van der Waals surface area contributed by atoms with E-state index in [-0.39, 0.29) is 37.9 Å². The lowest BCUT2D eigenvalue weighted by Gasteiger charge is -2.21. The average Bonchev–Trinajstić information content (AvgIpc) is 2.53. The summed E-state index contributed by atoms with van der Waals surface area (Å²) in [6.07, 6.45) is 0.0725. The van der Waals surface area contributed by atoms with Gasteiger partial charge in [-0.3, -0.25) is 14.5 Å². The fourth-order valence-electron chi connectivity index (χ4n) is 1.97. The third kappa shape index (κ3) is 3.44. The number of urea groups is 1. The first-order valence-corrected chi connectivity index (χ1v) is 6.36. The van der Waals surface area contributed by atoms with Gasteiger partial charge in [-0.1, -0.05) is 0 Å². The van der Waals surface area contributed by atoms with Crippen LogP contribution in [0.1, 0.15) is 27.2 Å². The zero-order valence-corrected chi connectivity index (χ0v) is 11.6. The Morgan fingerprint density at radius 1 is 1.42 bits per heavy atom. The molecule has 0 aromatic carbocycles. The first-order valence-electron chi connectivity index (χ1n) is 6.36. The van der Waals surface area contributed by atoms with E-state index in [0.29, 0.717) is 6.54 Å². The summed E-state index contributed by atoms with van der Waals surface area (Å²) in [5.41, 5.74) is -0.907. The molecular weight excluding hydrogens is 250 g/mol. The molecule has 19 heavy (non-hydrogen) atoms. The molecule has 0 atom stereocenters. The summed E-state index contributed by atoms with van der Waals surface area (Å²) >= 11 is 0. The zero-order valence-electron chi connectivity index (χ0n) is 11.6. The average molecular weight is 271 g/mol. The Kier molecular flexibility index (Phi) is 4.88. The number of imide groups is 1. The minimum Gasteiger partial charge on any atom is -0.395 e. The van der Waals surface area contributed by atoms with Gasteiger partial charge >= 0.3 is 6.03 Å². The highest BCUT2D eigenvalue weighted by Crippen LogP contribution is 2.16. The normalized spacial score (nSPS) is 17.6. The molecule has 108 valence electrons. The molecule has 4 amide bonds. The molecule has 0 saturated carbocycles. The van der Waals surface area contributed by atoms with Crippen molar-refractivity contribution in [1.29, 1.82) is 0 Å². The second kappa shape index (κ2) is 6.01. The number of nitrogens with one attached hydrogen (secondary N) is 1. The van der Waals surface area contributed by atoms with E-state index < -0.39 is 11.6 Å². The summed E-state index contributed by atoms with van der Waals surface area (Å²) in [6.45, 7) is 5.78. The predicted molar refractivity (Wildman–Crippen MR) is 68.3 cm³/mol. The van der Waals surface area contributed by atoms with Crippen LogP contribution in [0.25, 0.3) is 0 Å². The monoisotopic (exact) mass is 271 g/mol. The SMILES string of the molecule is CCN(CCO)C(=O)CCN1C(=O)NC(C)(C)C1=O. The molecule has 0 aliphatic carbocycles. The molecule has 0 aromatic heterocycles.